The molecule has 2 aromatic carbocycles. The first kappa shape index (κ1) is 43.4. The third-order valence-electron chi connectivity index (χ3n) is 8.67. The van der Waals surface area contributed by atoms with E-state index in [9.17, 15) is 0 Å². The van der Waals surface area contributed by atoms with Crippen LogP contribution in [0.15, 0.2) is 60.7 Å². The molecule has 0 saturated heterocycles. The topological polar surface area (TPSA) is 9.23 Å². The predicted molar refractivity (Wildman–Crippen MR) is 195 cm³/mol. The Kier molecular flexibility index (Phi) is 36.4. The predicted octanol–water partition coefficient (Wildman–Crippen LogP) is 11.7. The maximum atomic E-state index is 5.83. The van der Waals surface area contributed by atoms with Gasteiger partial charge >= 0.3 is 29.6 Å². The van der Waals surface area contributed by atoms with Gasteiger partial charge in [0.2, 0.25) is 0 Å². The smallest absolute Gasteiger partial charge is 1.00 e. The average Bonchev–Trinajstić information content (AvgIpc) is 3.05. The zero-order chi connectivity index (χ0) is 30.7. The summed E-state index contributed by atoms with van der Waals surface area (Å²) in [5, 5.41) is 0. The van der Waals surface area contributed by atoms with E-state index < -0.39 is 0 Å². The summed E-state index contributed by atoms with van der Waals surface area (Å²) in [4.78, 5) is 0. The molecule has 2 aromatic rings. The molecule has 0 aliphatic rings. The molecule has 44 heavy (non-hydrogen) atoms. The molecule has 0 saturated carbocycles. The summed E-state index contributed by atoms with van der Waals surface area (Å²) in [7, 11) is 0. The van der Waals surface area contributed by atoms with Crippen LogP contribution in [0.1, 0.15) is 182 Å². The SMILES string of the molecule is CCCCCCCCCCCCCCCOCCCCCCCCCCCCCCC.[H-].[Na+].c1ccc(-c2ccccc2)cc1. The summed E-state index contributed by atoms with van der Waals surface area (Å²) < 4.78 is 5.83. The third-order valence-corrected chi connectivity index (χ3v) is 8.67. The molecule has 0 aliphatic heterocycles. The first-order valence-corrected chi connectivity index (χ1v) is 19.1. The minimum absolute atomic E-state index is 0. The van der Waals surface area contributed by atoms with Gasteiger partial charge in [-0.2, -0.15) is 0 Å². The Hall–Kier alpha value is -0.600. The first-order valence-electron chi connectivity index (χ1n) is 19.1. The van der Waals surface area contributed by atoms with Gasteiger partial charge in [0.25, 0.3) is 0 Å². The van der Waals surface area contributed by atoms with Crippen molar-refractivity contribution in [2.45, 2.75) is 181 Å². The van der Waals surface area contributed by atoms with E-state index in [1.165, 1.54) is 178 Å². The van der Waals surface area contributed by atoms with Crippen molar-refractivity contribution in [1.82, 2.24) is 0 Å². The van der Waals surface area contributed by atoms with Gasteiger partial charge in [-0.15, -0.1) is 0 Å². The van der Waals surface area contributed by atoms with Gasteiger partial charge < -0.3 is 6.16 Å². The fraction of sp³-hybridized carbons (Fsp3) is 0.714. The zero-order valence-electron chi connectivity index (χ0n) is 31.0. The quantitative estimate of drug-likeness (QED) is 0.0652. The van der Waals surface area contributed by atoms with Crippen LogP contribution < -0.4 is 29.6 Å². The van der Waals surface area contributed by atoms with E-state index in [-0.39, 0.29) is 31.0 Å². The Labute approximate surface area is 299 Å². The number of hydrogen-bond acceptors (Lipinski definition) is 1. The second-order valence-corrected chi connectivity index (χ2v) is 12.8. The Morgan fingerprint density at radius 1 is 0.341 bits per heavy atom. The molecule has 0 spiro atoms. The third kappa shape index (κ3) is 30.1. The van der Waals surface area contributed by atoms with Crippen molar-refractivity contribution in [2.75, 3.05) is 13.2 Å². The number of rotatable bonds is 29. The standard InChI is InChI=1S/C30H62O.C12H10.Na.H/c1-3-5-7-9-11-13-15-17-19-21-23-25-27-29-31-30-28-26-24-22-20-18-16-14-12-10-8-6-4-2;1-3-7-11(8-4-1)12-9-5-2-6-10-12;;/h3-30H2,1-2H3;1-10H;;/q;;+1;-1. The van der Waals surface area contributed by atoms with Gasteiger partial charge in [-0.1, -0.05) is 229 Å². The van der Waals surface area contributed by atoms with Gasteiger partial charge in [-0.25, -0.2) is 0 Å². The largest absolute Gasteiger partial charge is 1.00 e. The van der Waals surface area contributed by atoms with Crippen molar-refractivity contribution in [3.63, 3.8) is 0 Å². The zero-order valence-corrected chi connectivity index (χ0v) is 32.0. The van der Waals surface area contributed by atoms with Gasteiger partial charge in [-0.05, 0) is 24.0 Å². The Morgan fingerprint density at radius 3 is 0.818 bits per heavy atom. The maximum absolute atomic E-state index is 5.83. The van der Waals surface area contributed by atoms with Crippen LogP contribution in [0.5, 0.6) is 0 Å². The van der Waals surface area contributed by atoms with Crippen molar-refractivity contribution in [3.05, 3.63) is 60.7 Å². The van der Waals surface area contributed by atoms with E-state index in [1.807, 2.05) is 12.1 Å². The number of hydrogen-bond donors (Lipinski definition) is 0. The second kappa shape index (κ2) is 36.9. The molecule has 248 valence electrons. The molecule has 0 N–H and O–H groups in total. The number of ether oxygens (including phenoxy) is 1. The van der Waals surface area contributed by atoms with Crippen molar-refractivity contribution < 1.29 is 35.7 Å². The fourth-order valence-corrected chi connectivity index (χ4v) is 5.81. The van der Waals surface area contributed by atoms with Crippen LogP contribution in [0, 0.1) is 0 Å². The molecule has 2 heteroatoms. The van der Waals surface area contributed by atoms with Crippen LogP contribution >= 0.6 is 0 Å². The summed E-state index contributed by atoms with van der Waals surface area (Å²) in [5.74, 6) is 0. The molecule has 0 aliphatic carbocycles. The van der Waals surface area contributed by atoms with Gasteiger partial charge in [-0.3, -0.25) is 0 Å². The van der Waals surface area contributed by atoms with Crippen LogP contribution in [-0.4, -0.2) is 13.2 Å². The molecule has 0 fully saturated rings. The van der Waals surface area contributed by atoms with Crippen LogP contribution in [0.4, 0.5) is 0 Å². The second-order valence-electron chi connectivity index (χ2n) is 12.8. The average molecular weight is 617 g/mol. The van der Waals surface area contributed by atoms with Crippen LogP contribution in [-0.2, 0) is 4.74 Å². The molecule has 0 radical (unpaired) electrons. The molecule has 0 amide bonds. The van der Waals surface area contributed by atoms with E-state index in [2.05, 4.69) is 62.4 Å². The fourth-order valence-electron chi connectivity index (χ4n) is 5.81. The molecule has 0 aromatic heterocycles. The van der Waals surface area contributed by atoms with Crippen LogP contribution in [0.3, 0.4) is 0 Å². The van der Waals surface area contributed by atoms with E-state index in [0.717, 1.165) is 13.2 Å². The number of benzene rings is 2. The normalized spacial score (nSPS) is 10.7. The summed E-state index contributed by atoms with van der Waals surface area (Å²) in [6.07, 6.45) is 37.1. The summed E-state index contributed by atoms with van der Waals surface area (Å²) in [6.45, 7) is 6.59. The van der Waals surface area contributed by atoms with Gasteiger partial charge in [0.15, 0.2) is 0 Å². The molecule has 1 nitrogen and oxygen atoms in total. The Balaban J connectivity index is 0. The van der Waals surface area contributed by atoms with Crippen molar-refractivity contribution in [2.24, 2.45) is 0 Å². The Bertz CT molecular complexity index is 703. The van der Waals surface area contributed by atoms with Crippen molar-refractivity contribution in [1.29, 1.82) is 0 Å². The van der Waals surface area contributed by atoms with E-state index in [4.69, 9.17) is 4.74 Å². The van der Waals surface area contributed by atoms with Crippen molar-refractivity contribution >= 4 is 0 Å². The molecule has 0 atom stereocenters. The van der Waals surface area contributed by atoms with Crippen LogP contribution in [0.2, 0.25) is 0 Å². The van der Waals surface area contributed by atoms with E-state index in [0.29, 0.717) is 0 Å². The molecule has 2 rings (SSSR count). The Morgan fingerprint density at radius 2 is 0.568 bits per heavy atom. The minimum Gasteiger partial charge on any atom is -1.00 e. The number of unbranched alkanes of at least 4 members (excludes halogenated alkanes) is 24. The molecular weight excluding hydrogens is 543 g/mol. The summed E-state index contributed by atoms with van der Waals surface area (Å²) >= 11 is 0. The molecule has 0 bridgehead atoms. The molecule has 0 heterocycles. The van der Waals surface area contributed by atoms with E-state index in [1.54, 1.807) is 0 Å². The van der Waals surface area contributed by atoms with Crippen LogP contribution in [0.25, 0.3) is 11.1 Å². The van der Waals surface area contributed by atoms with Gasteiger partial charge in [0.05, 0.1) is 0 Å². The minimum atomic E-state index is 0. The van der Waals surface area contributed by atoms with E-state index >= 15 is 0 Å². The maximum Gasteiger partial charge on any atom is 1.00 e. The summed E-state index contributed by atoms with van der Waals surface area (Å²) in [6, 6.07) is 20.8. The monoisotopic (exact) mass is 617 g/mol. The summed E-state index contributed by atoms with van der Waals surface area (Å²) in [5.41, 5.74) is 2.55. The molecular formula is C42H73NaO. The van der Waals surface area contributed by atoms with Gasteiger partial charge in [0.1, 0.15) is 0 Å². The molecule has 0 unspecified atom stereocenters. The van der Waals surface area contributed by atoms with Crippen molar-refractivity contribution in [3.8, 4) is 11.1 Å². The van der Waals surface area contributed by atoms with Gasteiger partial charge in [0, 0.05) is 13.2 Å². The first-order chi connectivity index (χ1) is 21.4.